The number of rotatable bonds is 18. The van der Waals surface area contributed by atoms with Crippen molar-refractivity contribution in [3.63, 3.8) is 0 Å². The van der Waals surface area contributed by atoms with Gasteiger partial charge in [0.1, 0.15) is 0 Å². The number of aromatic nitrogens is 8. The predicted molar refractivity (Wildman–Crippen MR) is 606 cm³/mol. The summed E-state index contributed by atoms with van der Waals surface area (Å²) in [7, 11) is 0. The van der Waals surface area contributed by atoms with Gasteiger partial charge in [0.2, 0.25) is 0 Å². The molecule has 0 bridgehead atoms. The molecule has 1 saturated carbocycles. The minimum Gasteiger partial charge on any atom is -0.305 e. The summed E-state index contributed by atoms with van der Waals surface area (Å²) in [6, 6.07) is 153. The van der Waals surface area contributed by atoms with Crippen LogP contribution in [0.25, 0.3) is 123 Å². The number of hydrogen-bond donors (Lipinski definition) is 0. The van der Waals surface area contributed by atoms with Crippen molar-refractivity contribution >= 4 is 70.6 Å². The van der Waals surface area contributed by atoms with Crippen LogP contribution in [0.4, 0.5) is 0 Å². The molecule has 0 atom stereocenters. The van der Waals surface area contributed by atoms with E-state index >= 15 is 0 Å². The zero-order chi connectivity index (χ0) is 99.4. The molecule has 0 amide bonds. The number of benzene rings is 11. The van der Waals surface area contributed by atoms with E-state index in [1.807, 2.05) is 238 Å². The van der Waals surface area contributed by atoms with E-state index in [1.54, 1.807) is 26.7 Å². The number of pyridine rings is 8. The van der Waals surface area contributed by atoms with Crippen molar-refractivity contribution in [1.29, 1.82) is 0 Å². The first-order valence-electron chi connectivity index (χ1n) is 48.8. The molecule has 8 heterocycles. The van der Waals surface area contributed by atoms with E-state index < -0.39 is 53.1 Å². The Kier molecular flexibility index (Phi) is 48.3. The van der Waals surface area contributed by atoms with Crippen molar-refractivity contribution in [2.75, 3.05) is 0 Å². The van der Waals surface area contributed by atoms with Crippen molar-refractivity contribution < 1.29 is 80.4 Å². The molecular weight excluding hydrogens is 2720 g/mol. The van der Waals surface area contributed by atoms with Crippen molar-refractivity contribution in [2.45, 2.75) is 135 Å². The fourth-order valence-electron chi connectivity index (χ4n) is 16.2. The second-order valence-corrected chi connectivity index (χ2v) is 82.0. The van der Waals surface area contributed by atoms with Crippen LogP contribution in [0.5, 0.6) is 0 Å². The van der Waals surface area contributed by atoms with Gasteiger partial charge in [-0.3, -0.25) is 0 Å². The van der Waals surface area contributed by atoms with Gasteiger partial charge in [0, 0.05) is 104 Å². The SMILES string of the molecule is CC(C)Cc1cnc(-c2[c-]ccc(-c3ccccc3)c2)c[c]1[Ge]([CH3])([CH3])[CH3].Cc1cccc(-c2[c-]cccc2)n1.Cc1cccc(-c2[c-]cccc2)n1.[CH3][Ge]([CH3])([CH3])[c]1cc(-c2[c-]ccc(-c3ccccc3)c2)ncc1C1CCCC1.[CH3][Ge]([CH3])([CH3])[c]1ccc(-c2[c-]ccc(-c3ccccc3)c2)nc1.[CH3][Ge]([CH3])([CH3])[c]1ccc(-c2[c-]cccc2)nc1.[Ir].[Ir].[Ir].[Ir].[c-]1ccccc1-c1ccccn1.[c-]1ccccc1-c1ccccn1. The monoisotopic (exact) mass is 2860 g/mol. The maximum absolute atomic E-state index is 4.90. The van der Waals surface area contributed by atoms with Crippen molar-refractivity contribution in [3.8, 4) is 123 Å². The summed E-state index contributed by atoms with van der Waals surface area (Å²) in [5, 5.41) is 0. The molecule has 0 spiro atoms. The van der Waals surface area contributed by atoms with E-state index in [9.17, 15) is 0 Å². The normalized spacial score (nSPS) is 11.3. The van der Waals surface area contributed by atoms with Gasteiger partial charge in [-0.05, 0) is 60.9 Å². The molecule has 16 heteroatoms. The van der Waals surface area contributed by atoms with Crippen LogP contribution in [0.3, 0.4) is 0 Å². The van der Waals surface area contributed by atoms with Crippen LogP contribution >= 0.6 is 0 Å². The Morgan fingerprint density at radius 1 is 0.255 bits per heavy atom. The van der Waals surface area contributed by atoms with Crippen LogP contribution in [0.2, 0.25) is 69.1 Å². The molecule has 1 fully saturated rings. The van der Waals surface area contributed by atoms with Gasteiger partial charge in [0.15, 0.2) is 0 Å². The Labute approximate surface area is 929 Å². The standard InChI is InChI=1S/C25H28GeN.C24H28GeN.C20H20GeN.C14H16GeN.2C12H10N.2C11H8N.4Ir/c1-26(2,3)24-17-25(27-18-23(24)20-12-7-8-13-20)22-15-9-14-21(16-22)19-10-5-4-6-11-19;1-18(2)14-22-17-26-24(16-23(22)25(3,4)5)21-13-9-12-20(15-21)19-10-7-6-8-11-19;1-21(2,3)19-12-13-20(22-15-19)18-11-7-10-17(14-18)16-8-5-4-6-9-16;1-15(2,3)13-9-10-14(16-11-13)12-7-5-4-6-8-12;2*1-10-6-5-9-12(13-10)11-7-3-2-4-8-11;2*1-2-6-10(7-3-1)11-8-4-5-9-12-11;;;;/h4-6,9-11,14,16-18,20H,7-8,12-13H2,1-3H3;6-12,15-18H,14H2,1-5H3;4-10,12-15H,1-3H3;4-7,9-11H,1-3H3;2*2-7,9H,1H3;2*1-6,8-9H;;;;/q8*-1;;;;. The summed E-state index contributed by atoms with van der Waals surface area (Å²) in [4.78, 5) is 36.2. The maximum Gasteiger partial charge on any atom is 0.0160 e. The van der Waals surface area contributed by atoms with Gasteiger partial charge < -0.3 is 19.9 Å². The molecule has 1 aliphatic rings. The zero-order valence-corrected chi connectivity index (χ0v) is 104. The summed E-state index contributed by atoms with van der Waals surface area (Å²) in [5.41, 5.74) is 28.9. The fourth-order valence-corrected chi connectivity index (χ4v) is 27.7. The number of nitrogens with zero attached hydrogens (tertiary/aromatic N) is 8. The van der Waals surface area contributed by atoms with E-state index in [0.717, 1.165) is 114 Å². The van der Waals surface area contributed by atoms with E-state index in [1.165, 1.54) is 73.4 Å². The fraction of sp³-hybridized carbons (Fsp3) is 0.178. The summed E-state index contributed by atoms with van der Waals surface area (Å²) < 4.78 is 6.08. The Hall–Kier alpha value is -10.6. The third-order valence-corrected chi connectivity index (χ3v) is 41.0. The van der Waals surface area contributed by atoms with Crippen LogP contribution < -0.4 is 17.6 Å². The van der Waals surface area contributed by atoms with Crippen molar-refractivity contribution in [3.05, 3.63) is 484 Å². The molecule has 11 aromatic carbocycles. The third-order valence-electron chi connectivity index (χ3n) is 23.8. The summed E-state index contributed by atoms with van der Waals surface area (Å²) in [6.45, 7) is 8.55. The van der Waals surface area contributed by atoms with Gasteiger partial charge in [-0.1, -0.05) is 48.5 Å². The molecule has 8 nitrogen and oxygen atoms in total. The Balaban J connectivity index is 0.000000187. The number of hydrogen-bond acceptors (Lipinski definition) is 8. The van der Waals surface area contributed by atoms with E-state index in [2.05, 4.69) is 338 Å². The van der Waals surface area contributed by atoms with Gasteiger partial charge in [-0.2, -0.15) is 0 Å². The molecule has 0 unspecified atom stereocenters. The molecule has 4 radical (unpaired) electrons. The third kappa shape index (κ3) is 37.3. The van der Waals surface area contributed by atoms with Gasteiger partial charge in [-0.25, -0.2) is 0 Å². The second-order valence-electron chi connectivity index (χ2n) is 39.5. The minimum atomic E-state index is -1.99. The average Bonchev–Trinajstić information content (AvgIpc) is 1.74. The van der Waals surface area contributed by atoms with Gasteiger partial charge in [0.05, 0.1) is 0 Å². The van der Waals surface area contributed by atoms with Crippen molar-refractivity contribution in [1.82, 2.24) is 39.9 Å². The van der Waals surface area contributed by atoms with Crippen LogP contribution in [-0.2, 0) is 86.8 Å². The van der Waals surface area contributed by atoms with Gasteiger partial charge >= 0.3 is 562 Å². The summed E-state index contributed by atoms with van der Waals surface area (Å²) in [5.74, 6) is 30.6. The smallest absolute Gasteiger partial charge is 0.0160 e. The van der Waals surface area contributed by atoms with Crippen molar-refractivity contribution in [2.24, 2.45) is 5.92 Å². The van der Waals surface area contributed by atoms with E-state index in [4.69, 9.17) is 9.97 Å². The summed E-state index contributed by atoms with van der Waals surface area (Å²) >= 11 is -7.47. The minimum absolute atomic E-state index is 0. The summed E-state index contributed by atoms with van der Waals surface area (Å²) in [6.07, 6.45) is 18.5. The largest absolute Gasteiger partial charge is 0.305 e. The second kappa shape index (κ2) is 59.4. The topological polar surface area (TPSA) is 103 Å². The van der Waals surface area contributed by atoms with Crippen LogP contribution in [0.1, 0.15) is 68.0 Å². The van der Waals surface area contributed by atoms with Crippen LogP contribution in [-0.4, -0.2) is 92.9 Å². The van der Waals surface area contributed by atoms with Gasteiger partial charge in [-0.15, -0.1) is 144 Å². The molecule has 1 aliphatic carbocycles. The average molecular weight is 2850 g/mol. The van der Waals surface area contributed by atoms with Crippen LogP contribution in [0, 0.1) is 68.3 Å². The Morgan fingerprint density at radius 2 is 0.559 bits per heavy atom. The molecule has 20 rings (SSSR count). The molecule has 0 saturated heterocycles. The van der Waals surface area contributed by atoms with Gasteiger partial charge in [0.25, 0.3) is 0 Å². The Morgan fingerprint density at radius 3 is 0.869 bits per heavy atom. The molecule has 0 N–H and O–H groups in total. The first-order valence-corrected chi connectivity index (χ1v) is 78.2. The predicted octanol–water partition coefficient (Wildman–Crippen LogP) is 31.0. The number of aryl methyl sites for hydroxylation is 2. The first-order chi connectivity index (χ1) is 68.1. The molecule has 744 valence electrons. The molecule has 145 heavy (non-hydrogen) atoms. The van der Waals surface area contributed by atoms with E-state index in [0.29, 0.717) is 5.92 Å². The quantitative estimate of drug-likeness (QED) is 0.0618. The van der Waals surface area contributed by atoms with E-state index in [-0.39, 0.29) is 80.4 Å². The Bertz CT molecular complexity index is 6760. The molecular formula is C129H128Ge4Ir4N8-8. The molecule has 0 aliphatic heterocycles. The maximum atomic E-state index is 4.90. The molecule has 8 aromatic heterocycles. The molecule has 19 aromatic rings. The zero-order valence-electron chi connectivity index (χ0n) is 85.9. The first kappa shape index (κ1) is 118. The van der Waals surface area contributed by atoms with Crippen LogP contribution in [0.15, 0.2) is 413 Å².